The summed E-state index contributed by atoms with van der Waals surface area (Å²) in [5.41, 5.74) is 0.448. The Hall–Kier alpha value is -0.810. The van der Waals surface area contributed by atoms with Crippen LogP contribution in [-0.4, -0.2) is 11.2 Å². The van der Waals surface area contributed by atoms with Crippen molar-refractivity contribution in [3.8, 4) is 6.07 Å². The van der Waals surface area contributed by atoms with E-state index in [2.05, 4.69) is 6.58 Å². The minimum atomic E-state index is -0.392. The lowest BCUT2D eigenvalue weighted by atomic mass is 10.1. The van der Waals surface area contributed by atoms with Crippen molar-refractivity contribution in [3.05, 3.63) is 12.2 Å². The van der Waals surface area contributed by atoms with Crippen molar-refractivity contribution in [2.75, 3.05) is 0 Å². The Morgan fingerprint density at radius 2 is 2.44 bits per heavy atom. The predicted molar refractivity (Wildman–Crippen MR) is 35.7 cm³/mol. The first-order valence-corrected chi connectivity index (χ1v) is 2.96. The number of nitrogens with zero attached hydrogens (tertiary/aromatic N) is 1. The molecule has 2 heteroatoms. The predicted octanol–water partition coefficient (Wildman–Crippen LogP) is 1.23. The van der Waals surface area contributed by atoms with Crippen LogP contribution in [0.3, 0.4) is 0 Å². The van der Waals surface area contributed by atoms with Gasteiger partial charge in [-0.1, -0.05) is 13.5 Å². The molecule has 50 valence electrons. The molecular formula is C7H11NO. The van der Waals surface area contributed by atoms with Gasteiger partial charge in [0, 0.05) is 12.0 Å². The highest BCUT2D eigenvalue weighted by molar-refractivity contribution is 5.16. The number of aliphatic hydroxyl groups is 1. The van der Waals surface area contributed by atoms with Gasteiger partial charge in [-0.3, -0.25) is 0 Å². The first kappa shape index (κ1) is 8.19. The van der Waals surface area contributed by atoms with Crippen molar-refractivity contribution in [2.45, 2.75) is 25.9 Å². The number of aliphatic hydroxyl groups excluding tert-OH is 1. The molecule has 0 bridgehead atoms. The molecule has 0 aliphatic carbocycles. The summed E-state index contributed by atoms with van der Waals surface area (Å²) in [5, 5.41) is 17.2. The molecule has 0 amide bonds. The van der Waals surface area contributed by atoms with E-state index in [0.29, 0.717) is 18.4 Å². The van der Waals surface area contributed by atoms with Crippen molar-refractivity contribution < 1.29 is 5.11 Å². The molecular weight excluding hydrogens is 114 g/mol. The average Bonchev–Trinajstić information content (AvgIpc) is 1.87. The summed E-state index contributed by atoms with van der Waals surface area (Å²) in [5.74, 6) is 0. The van der Waals surface area contributed by atoms with Gasteiger partial charge in [-0.25, -0.2) is 0 Å². The lowest BCUT2D eigenvalue weighted by Gasteiger charge is -2.02. The van der Waals surface area contributed by atoms with Crippen molar-refractivity contribution in [2.24, 2.45) is 0 Å². The molecule has 2 nitrogen and oxygen atoms in total. The zero-order valence-corrected chi connectivity index (χ0v) is 5.59. The first-order valence-electron chi connectivity index (χ1n) is 2.96. The van der Waals surface area contributed by atoms with E-state index in [1.165, 1.54) is 0 Å². The van der Waals surface area contributed by atoms with Crippen LogP contribution < -0.4 is 0 Å². The van der Waals surface area contributed by atoms with E-state index in [-0.39, 0.29) is 0 Å². The van der Waals surface area contributed by atoms with Crippen molar-refractivity contribution in [1.29, 1.82) is 5.26 Å². The molecule has 0 rings (SSSR count). The largest absolute Gasteiger partial charge is 0.393 e. The van der Waals surface area contributed by atoms with Crippen LogP contribution in [0.15, 0.2) is 12.2 Å². The summed E-state index contributed by atoms with van der Waals surface area (Å²) in [7, 11) is 0. The molecule has 0 heterocycles. The molecule has 0 fully saturated rings. The minimum Gasteiger partial charge on any atom is -0.393 e. The second-order valence-electron chi connectivity index (χ2n) is 1.98. The van der Waals surface area contributed by atoms with Gasteiger partial charge in [-0.05, 0) is 6.42 Å². The summed E-state index contributed by atoms with van der Waals surface area (Å²) < 4.78 is 0. The molecule has 0 aliphatic rings. The first-order chi connectivity index (χ1) is 4.20. The number of nitriles is 1. The highest BCUT2D eigenvalue weighted by atomic mass is 16.3. The molecule has 0 radical (unpaired) electrons. The lowest BCUT2D eigenvalue weighted by molar-refractivity contribution is 0.172. The van der Waals surface area contributed by atoms with E-state index >= 15 is 0 Å². The monoisotopic (exact) mass is 125 g/mol. The summed E-state index contributed by atoms with van der Waals surface area (Å²) in [6, 6.07) is 1.88. The van der Waals surface area contributed by atoms with E-state index in [1.54, 1.807) is 0 Å². The van der Waals surface area contributed by atoms with Crippen LogP contribution in [0.2, 0.25) is 0 Å². The Morgan fingerprint density at radius 3 is 2.78 bits per heavy atom. The van der Waals surface area contributed by atoms with Gasteiger partial charge in [0.1, 0.15) is 0 Å². The van der Waals surface area contributed by atoms with E-state index in [4.69, 9.17) is 10.4 Å². The average molecular weight is 125 g/mol. The lowest BCUT2D eigenvalue weighted by Crippen LogP contribution is -2.03. The maximum absolute atomic E-state index is 8.95. The zero-order chi connectivity index (χ0) is 7.28. The molecule has 1 unspecified atom stereocenters. The fourth-order valence-corrected chi connectivity index (χ4v) is 0.474. The summed E-state index contributed by atoms with van der Waals surface area (Å²) >= 11 is 0. The molecule has 0 aromatic rings. The van der Waals surface area contributed by atoms with Crippen LogP contribution in [0.5, 0.6) is 0 Å². The Balaban J connectivity index is 3.50. The van der Waals surface area contributed by atoms with Crippen molar-refractivity contribution in [1.82, 2.24) is 0 Å². The number of rotatable bonds is 3. The van der Waals surface area contributed by atoms with Gasteiger partial charge in [-0.15, -0.1) is 0 Å². The van der Waals surface area contributed by atoms with Gasteiger partial charge in [0.05, 0.1) is 12.2 Å². The van der Waals surface area contributed by atoms with Gasteiger partial charge in [0.25, 0.3) is 0 Å². The molecule has 0 spiro atoms. The molecule has 0 aromatic heterocycles. The molecule has 9 heavy (non-hydrogen) atoms. The molecule has 1 atom stereocenters. The molecule has 0 aliphatic heterocycles. The second kappa shape index (κ2) is 4.11. The fourth-order valence-electron chi connectivity index (χ4n) is 0.474. The summed E-state index contributed by atoms with van der Waals surface area (Å²) in [6.45, 7) is 5.31. The standard InChI is InChI=1S/C7H11NO/c1-3-7(9)4-6(2)5-8/h7,9H,2-4H2,1H3. The van der Waals surface area contributed by atoms with E-state index in [1.807, 2.05) is 13.0 Å². The van der Waals surface area contributed by atoms with Crippen LogP contribution >= 0.6 is 0 Å². The van der Waals surface area contributed by atoms with E-state index in [9.17, 15) is 0 Å². The Morgan fingerprint density at radius 1 is 1.89 bits per heavy atom. The van der Waals surface area contributed by atoms with Crippen LogP contribution in [0, 0.1) is 11.3 Å². The van der Waals surface area contributed by atoms with Gasteiger partial charge >= 0.3 is 0 Å². The topological polar surface area (TPSA) is 44.0 Å². The molecule has 1 N–H and O–H groups in total. The second-order valence-corrected chi connectivity index (χ2v) is 1.98. The maximum Gasteiger partial charge on any atom is 0.0941 e. The number of hydrogen-bond acceptors (Lipinski definition) is 2. The molecule has 0 saturated carbocycles. The van der Waals surface area contributed by atoms with E-state index < -0.39 is 6.10 Å². The Bertz CT molecular complexity index is 134. The van der Waals surface area contributed by atoms with Crippen molar-refractivity contribution in [3.63, 3.8) is 0 Å². The van der Waals surface area contributed by atoms with Gasteiger partial charge in [0.2, 0.25) is 0 Å². The fraction of sp³-hybridized carbons (Fsp3) is 0.571. The van der Waals surface area contributed by atoms with Gasteiger partial charge < -0.3 is 5.11 Å². The highest BCUT2D eigenvalue weighted by Gasteiger charge is 2.01. The Labute approximate surface area is 55.4 Å². The third-order valence-electron chi connectivity index (χ3n) is 1.11. The molecule has 0 saturated heterocycles. The third kappa shape index (κ3) is 3.75. The number of hydrogen-bond donors (Lipinski definition) is 1. The van der Waals surface area contributed by atoms with Crippen LogP contribution in [0.4, 0.5) is 0 Å². The zero-order valence-electron chi connectivity index (χ0n) is 5.59. The quantitative estimate of drug-likeness (QED) is 0.576. The van der Waals surface area contributed by atoms with Crippen LogP contribution in [0.1, 0.15) is 19.8 Å². The van der Waals surface area contributed by atoms with Gasteiger partial charge in [-0.2, -0.15) is 5.26 Å². The third-order valence-corrected chi connectivity index (χ3v) is 1.11. The van der Waals surface area contributed by atoms with Crippen LogP contribution in [0.25, 0.3) is 0 Å². The SMILES string of the molecule is C=C(C#N)CC(O)CC. The normalized spacial score (nSPS) is 12.1. The molecule has 0 aromatic carbocycles. The summed E-state index contributed by atoms with van der Waals surface area (Å²) in [4.78, 5) is 0. The Kier molecular flexibility index (Phi) is 3.74. The maximum atomic E-state index is 8.95. The van der Waals surface area contributed by atoms with Crippen LogP contribution in [-0.2, 0) is 0 Å². The van der Waals surface area contributed by atoms with E-state index in [0.717, 1.165) is 0 Å². The summed E-state index contributed by atoms with van der Waals surface area (Å²) in [6.07, 6.45) is 0.699. The highest BCUT2D eigenvalue weighted by Crippen LogP contribution is 2.03. The van der Waals surface area contributed by atoms with Gasteiger partial charge in [0.15, 0.2) is 0 Å². The van der Waals surface area contributed by atoms with Crippen molar-refractivity contribution >= 4 is 0 Å². The smallest absolute Gasteiger partial charge is 0.0941 e. The minimum absolute atomic E-state index is 0.392.